The average molecular weight is 315 g/mol. The first-order valence-corrected chi connectivity index (χ1v) is 7.91. The van der Waals surface area contributed by atoms with Crippen molar-refractivity contribution in [3.63, 3.8) is 0 Å². The Hall–Kier alpha value is -2.28. The maximum Gasteiger partial charge on any atom is 0.246 e. The topological polar surface area (TPSA) is 84.1 Å². The Kier molecular flexibility index (Phi) is 4.66. The van der Waals surface area contributed by atoms with Gasteiger partial charge in [-0.2, -0.15) is 4.80 Å². The molecule has 1 saturated heterocycles. The van der Waals surface area contributed by atoms with Crippen molar-refractivity contribution in [3.05, 3.63) is 30.3 Å². The monoisotopic (exact) mass is 315 g/mol. The fourth-order valence-electron chi connectivity index (χ4n) is 2.90. The van der Waals surface area contributed by atoms with Gasteiger partial charge in [-0.3, -0.25) is 4.79 Å². The van der Waals surface area contributed by atoms with Crippen LogP contribution in [0.5, 0.6) is 0 Å². The first-order chi connectivity index (χ1) is 11.2. The van der Waals surface area contributed by atoms with Gasteiger partial charge in [-0.25, -0.2) is 0 Å². The average Bonchev–Trinajstić information content (AvgIpc) is 3.04. The van der Waals surface area contributed by atoms with Crippen molar-refractivity contribution in [2.45, 2.75) is 32.4 Å². The van der Waals surface area contributed by atoms with E-state index in [0.717, 1.165) is 18.4 Å². The van der Waals surface area contributed by atoms with Gasteiger partial charge in [0.25, 0.3) is 0 Å². The molecule has 0 saturated carbocycles. The summed E-state index contributed by atoms with van der Waals surface area (Å²) < 4.78 is 0. The van der Waals surface area contributed by atoms with Crippen LogP contribution in [0.3, 0.4) is 0 Å². The summed E-state index contributed by atoms with van der Waals surface area (Å²) in [5.41, 5.74) is 0.873. The Morgan fingerprint density at radius 3 is 2.83 bits per heavy atom. The molecule has 0 bridgehead atoms. The molecule has 0 aliphatic carbocycles. The third kappa shape index (κ3) is 3.56. The molecule has 3 rings (SSSR count). The summed E-state index contributed by atoms with van der Waals surface area (Å²) in [6.45, 7) is 2.82. The normalized spacial score (nSPS) is 21.4. The standard InChI is InChI=1S/C16H21N5O2/c1-12-7-8-13(11-22)9-20(12)15(23)10-21-18-16(17-19-21)14-5-3-2-4-6-14/h2-6,12-13,22H,7-11H2,1H3. The number of nitrogens with zero attached hydrogens (tertiary/aromatic N) is 5. The molecule has 2 unspecified atom stereocenters. The zero-order valence-electron chi connectivity index (χ0n) is 13.2. The van der Waals surface area contributed by atoms with Crippen molar-refractivity contribution in [1.82, 2.24) is 25.1 Å². The summed E-state index contributed by atoms with van der Waals surface area (Å²) in [5, 5.41) is 21.6. The van der Waals surface area contributed by atoms with E-state index in [4.69, 9.17) is 0 Å². The SMILES string of the molecule is CC1CCC(CO)CN1C(=O)Cn1nnc(-c2ccccc2)n1. The molecule has 7 heteroatoms. The molecule has 0 radical (unpaired) electrons. The van der Waals surface area contributed by atoms with Crippen LogP contribution in [0, 0.1) is 5.92 Å². The molecule has 122 valence electrons. The van der Waals surface area contributed by atoms with Gasteiger partial charge < -0.3 is 10.0 Å². The molecule has 0 spiro atoms. The lowest BCUT2D eigenvalue weighted by atomic mass is 9.94. The van der Waals surface area contributed by atoms with E-state index < -0.39 is 0 Å². The third-order valence-electron chi connectivity index (χ3n) is 4.32. The zero-order chi connectivity index (χ0) is 16.2. The molecule has 1 amide bonds. The quantitative estimate of drug-likeness (QED) is 0.908. The number of carbonyl (C=O) groups is 1. The van der Waals surface area contributed by atoms with Gasteiger partial charge in [-0.1, -0.05) is 30.3 Å². The second-order valence-corrected chi connectivity index (χ2v) is 6.03. The van der Waals surface area contributed by atoms with Gasteiger partial charge in [-0.05, 0) is 30.9 Å². The van der Waals surface area contributed by atoms with Crippen LogP contribution in [-0.2, 0) is 11.3 Å². The van der Waals surface area contributed by atoms with Crippen LogP contribution in [0.4, 0.5) is 0 Å². The second-order valence-electron chi connectivity index (χ2n) is 6.03. The first-order valence-electron chi connectivity index (χ1n) is 7.91. The Morgan fingerprint density at radius 1 is 1.30 bits per heavy atom. The molecule has 1 N–H and O–H groups in total. The van der Waals surface area contributed by atoms with Gasteiger partial charge in [0.2, 0.25) is 11.7 Å². The second kappa shape index (κ2) is 6.87. The molecular formula is C16H21N5O2. The van der Waals surface area contributed by atoms with Crippen LogP contribution in [0.1, 0.15) is 19.8 Å². The van der Waals surface area contributed by atoms with Crippen LogP contribution >= 0.6 is 0 Å². The number of hydrogen-bond donors (Lipinski definition) is 1. The molecule has 7 nitrogen and oxygen atoms in total. The largest absolute Gasteiger partial charge is 0.396 e. The van der Waals surface area contributed by atoms with Crippen molar-refractivity contribution in [2.24, 2.45) is 5.92 Å². The van der Waals surface area contributed by atoms with E-state index in [9.17, 15) is 9.90 Å². The van der Waals surface area contributed by atoms with Gasteiger partial charge in [0, 0.05) is 24.8 Å². The molecule has 1 aliphatic rings. The fraction of sp³-hybridized carbons (Fsp3) is 0.500. The Morgan fingerprint density at radius 2 is 2.09 bits per heavy atom. The summed E-state index contributed by atoms with van der Waals surface area (Å²) in [6, 6.07) is 9.73. The number of rotatable bonds is 4. The van der Waals surface area contributed by atoms with E-state index >= 15 is 0 Å². The van der Waals surface area contributed by atoms with E-state index in [1.54, 1.807) is 0 Å². The molecule has 2 heterocycles. The lowest BCUT2D eigenvalue weighted by molar-refractivity contribution is -0.137. The highest BCUT2D eigenvalue weighted by Crippen LogP contribution is 2.21. The zero-order valence-corrected chi connectivity index (χ0v) is 13.2. The molecule has 23 heavy (non-hydrogen) atoms. The maximum absolute atomic E-state index is 12.5. The van der Waals surface area contributed by atoms with Crippen molar-refractivity contribution in [1.29, 1.82) is 0 Å². The Labute approximate surface area is 134 Å². The summed E-state index contributed by atoms with van der Waals surface area (Å²) in [4.78, 5) is 15.6. The minimum atomic E-state index is -0.0346. The van der Waals surface area contributed by atoms with Gasteiger partial charge in [-0.15, -0.1) is 10.2 Å². The summed E-state index contributed by atoms with van der Waals surface area (Å²) in [6.07, 6.45) is 1.87. The summed E-state index contributed by atoms with van der Waals surface area (Å²) in [5.74, 6) is 0.643. The van der Waals surface area contributed by atoms with Crippen molar-refractivity contribution >= 4 is 5.91 Å². The lowest BCUT2D eigenvalue weighted by Crippen LogP contribution is -2.47. The van der Waals surface area contributed by atoms with Crippen LogP contribution in [-0.4, -0.2) is 55.3 Å². The van der Waals surface area contributed by atoms with E-state index in [2.05, 4.69) is 15.4 Å². The lowest BCUT2D eigenvalue weighted by Gasteiger charge is -2.37. The van der Waals surface area contributed by atoms with E-state index in [-0.39, 0.29) is 31.0 Å². The number of piperidine rings is 1. The third-order valence-corrected chi connectivity index (χ3v) is 4.32. The van der Waals surface area contributed by atoms with Crippen LogP contribution in [0.15, 0.2) is 30.3 Å². The highest BCUT2D eigenvalue weighted by Gasteiger charge is 2.29. The smallest absolute Gasteiger partial charge is 0.246 e. The van der Waals surface area contributed by atoms with Crippen LogP contribution in [0.2, 0.25) is 0 Å². The van der Waals surface area contributed by atoms with E-state index in [1.165, 1.54) is 4.80 Å². The number of tetrazole rings is 1. The number of aliphatic hydroxyl groups is 1. The minimum absolute atomic E-state index is 0.0346. The fourth-order valence-corrected chi connectivity index (χ4v) is 2.90. The van der Waals surface area contributed by atoms with Gasteiger partial charge in [0.15, 0.2) is 0 Å². The van der Waals surface area contributed by atoms with Crippen LogP contribution < -0.4 is 0 Å². The number of aromatic nitrogens is 4. The van der Waals surface area contributed by atoms with Crippen molar-refractivity contribution in [2.75, 3.05) is 13.2 Å². The highest BCUT2D eigenvalue weighted by atomic mass is 16.3. The Balaban J connectivity index is 1.67. The molecule has 1 aromatic carbocycles. The van der Waals surface area contributed by atoms with Crippen molar-refractivity contribution in [3.8, 4) is 11.4 Å². The number of likely N-dealkylation sites (tertiary alicyclic amines) is 1. The van der Waals surface area contributed by atoms with Gasteiger partial charge >= 0.3 is 0 Å². The number of amides is 1. The molecule has 2 aromatic rings. The van der Waals surface area contributed by atoms with E-state index in [0.29, 0.717) is 12.4 Å². The highest BCUT2D eigenvalue weighted by molar-refractivity contribution is 5.76. The Bertz CT molecular complexity index is 658. The van der Waals surface area contributed by atoms with Crippen LogP contribution in [0.25, 0.3) is 11.4 Å². The minimum Gasteiger partial charge on any atom is -0.396 e. The molecule has 1 fully saturated rings. The number of hydrogen-bond acceptors (Lipinski definition) is 5. The molecule has 2 atom stereocenters. The first kappa shape index (κ1) is 15.6. The van der Waals surface area contributed by atoms with Gasteiger partial charge in [0.05, 0.1) is 0 Å². The number of benzene rings is 1. The molecule has 1 aromatic heterocycles. The summed E-state index contributed by atoms with van der Waals surface area (Å²) in [7, 11) is 0. The molecule has 1 aliphatic heterocycles. The van der Waals surface area contributed by atoms with E-state index in [1.807, 2.05) is 42.2 Å². The number of aliphatic hydroxyl groups excluding tert-OH is 1. The predicted octanol–water partition coefficient (Wildman–Crippen LogP) is 0.959. The van der Waals surface area contributed by atoms with Gasteiger partial charge in [0.1, 0.15) is 6.54 Å². The van der Waals surface area contributed by atoms with Crippen molar-refractivity contribution < 1.29 is 9.90 Å². The summed E-state index contributed by atoms with van der Waals surface area (Å²) >= 11 is 0. The number of carbonyl (C=O) groups excluding carboxylic acids is 1. The molecular weight excluding hydrogens is 294 g/mol. The maximum atomic E-state index is 12.5. The predicted molar refractivity (Wildman–Crippen MR) is 84.2 cm³/mol.